The molecule has 0 spiro atoms. The molecule has 21 heavy (non-hydrogen) atoms. The highest BCUT2D eigenvalue weighted by Crippen LogP contribution is 2.21. The number of rotatable bonds is 6. The van der Waals surface area contributed by atoms with Crippen LogP contribution >= 0.6 is 12.2 Å². The zero-order valence-corrected chi connectivity index (χ0v) is 13.7. The minimum absolute atomic E-state index is 0.709. The first kappa shape index (κ1) is 16.2. The zero-order chi connectivity index (χ0) is 15.1. The second-order valence-electron chi connectivity index (χ2n) is 5.41. The number of ether oxygens (including phenoxy) is 2. The Hall–Kier alpha value is -1.17. The number of para-hydroxylation sites is 1. The Kier molecular flexibility index (Phi) is 6.42. The van der Waals surface area contributed by atoms with E-state index < -0.39 is 0 Å². The van der Waals surface area contributed by atoms with Gasteiger partial charge in [-0.25, -0.2) is 0 Å². The molecule has 1 aromatic carbocycles. The summed E-state index contributed by atoms with van der Waals surface area (Å²) in [5, 5.41) is 0. The fourth-order valence-electron chi connectivity index (χ4n) is 2.27. The molecule has 2 rings (SSSR count). The van der Waals surface area contributed by atoms with Crippen LogP contribution in [0, 0.1) is 0 Å². The molecule has 1 aliphatic rings. The molecule has 0 aromatic heterocycles. The minimum Gasteiger partial charge on any atom is -0.493 e. The maximum Gasteiger partial charge on any atom is 0.129 e. The first-order valence-electron chi connectivity index (χ1n) is 7.42. The van der Waals surface area contributed by atoms with E-state index in [1.807, 2.05) is 24.3 Å². The van der Waals surface area contributed by atoms with Crippen molar-refractivity contribution in [3.8, 4) is 5.75 Å². The standard InChI is InChI=1S/C16H24N2O2S/c1-17(2)8-5-11-20-15-7-4-3-6-14(15)16(21)18-9-12-19-13-10-18/h3-4,6-7H,5,8-13H2,1-2H3. The topological polar surface area (TPSA) is 24.9 Å². The lowest BCUT2D eigenvalue weighted by molar-refractivity contribution is 0.0692. The Morgan fingerprint density at radius 3 is 2.71 bits per heavy atom. The van der Waals surface area contributed by atoms with E-state index in [1.165, 1.54) is 0 Å². The van der Waals surface area contributed by atoms with Crippen LogP contribution in [0.3, 0.4) is 0 Å². The van der Waals surface area contributed by atoms with Crippen LogP contribution in [-0.2, 0) is 4.74 Å². The number of nitrogens with zero attached hydrogens (tertiary/aromatic N) is 2. The second-order valence-corrected chi connectivity index (χ2v) is 5.79. The molecule has 4 nitrogen and oxygen atoms in total. The Morgan fingerprint density at radius 2 is 2.00 bits per heavy atom. The van der Waals surface area contributed by atoms with E-state index in [4.69, 9.17) is 21.7 Å². The summed E-state index contributed by atoms with van der Waals surface area (Å²) in [5.41, 5.74) is 1.01. The molecular formula is C16H24N2O2S. The molecule has 5 heteroatoms. The van der Waals surface area contributed by atoms with Crippen molar-refractivity contribution in [2.24, 2.45) is 0 Å². The molecule has 1 aromatic rings. The van der Waals surface area contributed by atoms with Crippen LogP contribution in [0.4, 0.5) is 0 Å². The molecule has 0 bridgehead atoms. The summed E-state index contributed by atoms with van der Waals surface area (Å²) in [7, 11) is 4.14. The second kappa shape index (κ2) is 8.32. The van der Waals surface area contributed by atoms with Gasteiger partial charge in [0.2, 0.25) is 0 Å². The predicted octanol–water partition coefficient (Wildman–Crippen LogP) is 2.02. The van der Waals surface area contributed by atoms with Crippen molar-refractivity contribution in [2.75, 3.05) is 53.6 Å². The third-order valence-corrected chi connectivity index (χ3v) is 3.90. The van der Waals surface area contributed by atoms with Gasteiger partial charge in [0.15, 0.2) is 0 Å². The van der Waals surface area contributed by atoms with Crippen molar-refractivity contribution in [2.45, 2.75) is 6.42 Å². The summed E-state index contributed by atoms with van der Waals surface area (Å²) >= 11 is 5.63. The number of benzene rings is 1. The molecule has 1 saturated heterocycles. The summed E-state index contributed by atoms with van der Waals surface area (Å²) < 4.78 is 11.3. The van der Waals surface area contributed by atoms with Crippen molar-refractivity contribution in [1.82, 2.24) is 9.80 Å². The van der Waals surface area contributed by atoms with Gasteiger partial charge in [0.25, 0.3) is 0 Å². The van der Waals surface area contributed by atoms with Crippen LogP contribution in [0.5, 0.6) is 5.75 Å². The fraction of sp³-hybridized carbons (Fsp3) is 0.562. The Labute approximate surface area is 132 Å². The molecule has 0 saturated carbocycles. The van der Waals surface area contributed by atoms with E-state index >= 15 is 0 Å². The highest BCUT2D eigenvalue weighted by Gasteiger charge is 2.17. The zero-order valence-electron chi connectivity index (χ0n) is 12.9. The lowest BCUT2D eigenvalue weighted by Gasteiger charge is -2.29. The summed E-state index contributed by atoms with van der Waals surface area (Å²) in [4.78, 5) is 5.22. The highest BCUT2D eigenvalue weighted by atomic mass is 32.1. The molecule has 1 heterocycles. The lowest BCUT2D eigenvalue weighted by atomic mass is 10.2. The van der Waals surface area contributed by atoms with Crippen LogP contribution in [0.2, 0.25) is 0 Å². The molecule has 0 aliphatic carbocycles. The first-order valence-corrected chi connectivity index (χ1v) is 7.83. The van der Waals surface area contributed by atoms with E-state index in [0.717, 1.165) is 55.6 Å². The van der Waals surface area contributed by atoms with Gasteiger partial charge in [-0.05, 0) is 32.6 Å². The van der Waals surface area contributed by atoms with E-state index in [-0.39, 0.29) is 0 Å². The fourth-order valence-corrected chi connectivity index (χ4v) is 2.62. The Morgan fingerprint density at radius 1 is 1.29 bits per heavy atom. The van der Waals surface area contributed by atoms with Crippen molar-refractivity contribution in [3.63, 3.8) is 0 Å². The third-order valence-electron chi connectivity index (χ3n) is 3.42. The smallest absolute Gasteiger partial charge is 0.129 e. The van der Waals surface area contributed by atoms with Crippen molar-refractivity contribution < 1.29 is 9.47 Å². The first-order chi connectivity index (χ1) is 10.2. The molecule has 1 fully saturated rings. The van der Waals surface area contributed by atoms with Crippen LogP contribution in [0.15, 0.2) is 24.3 Å². The van der Waals surface area contributed by atoms with E-state index in [2.05, 4.69) is 23.9 Å². The van der Waals surface area contributed by atoms with Crippen molar-refractivity contribution >= 4 is 17.2 Å². The molecule has 0 atom stereocenters. The SMILES string of the molecule is CN(C)CCCOc1ccccc1C(=S)N1CCOCC1. The van der Waals surface area contributed by atoms with E-state index in [1.54, 1.807) is 0 Å². The van der Waals surface area contributed by atoms with Crippen LogP contribution in [0.1, 0.15) is 12.0 Å². The maximum absolute atomic E-state index is 5.93. The lowest BCUT2D eigenvalue weighted by Crippen LogP contribution is -2.40. The van der Waals surface area contributed by atoms with E-state index in [0.29, 0.717) is 6.61 Å². The molecular weight excluding hydrogens is 284 g/mol. The van der Waals surface area contributed by atoms with Crippen LogP contribution in [0.25, 0.3) is 0 Å². The summed E-state index contributed by atoms with van der Waals surface area (Å²) in [6.07, 6.45) is 1.01. The molecule has 0 unspecified atom stereocenters. The van der Waals surface area contributed by atoms with Gasteiger partial charge in [-0.1, -0.05) is 24.4 Å². The van der Waals surface area contributed by atoms with Gasteiger partial charge in [-0.2, -0.15) is 0 Å². The molecule has 0 radical (unpaired) electrons. The molecule has 0 amide bonds. The van der Waals surface area contributed by atoms with Crippen LogP contribution in [-0.4, -0.2) is 68.3 Å². The number of thiocarbonyl (C=S) groups is 1. The summed E-state index contributed by atoms with van der Waals surface area (Å²) in [6, 6.07) is 8.04. The molecule has 0 N–H and O–H groups in total. The van der Waals surface area contributed by atoms with Gasteiger partial charge in [-0.3, -0.25) is 0 Å². The number of hydrogen-bond acceptors (Lipinski definition) is 4. The number of hydrogen-bond donors (Lipinski definition) is 0. The Balaban J connectivity index is 1.97. The quantitative estimate of drug-likeness (QED) is 0.591. The van der Waals surface area contributed by atoms with Gasteiger partial charge in [0, 0.05) is 19.6 Å². The van der Waals surface area contributed by atoms with Crippen molar-refractivity contribution in [3.05, 3.63) is 29.8 Å². The average Bonchev–Trinajstić information content (AvgIpc) is 2.52. The van der Waals surface area contributed by atoms with Gasteiger partial charge in [0.1, 0.15) is 10.7 Å². The predicted molar refractivity (Wildman–Crippen MR) is 89.2 cm³/mol. The van der Waals surface area contributed by atoms with Crippen molar-refractivity contribution in [1.29, 1.82) is 0 Å². The minimum atomic E-state index is 0.709. The normalized spacial score (nSPS) is 15.3. The monoisotopic (exact) mass is 308 g/mol. The van der Waals surface area contributed by atoms with Crippen LogP contribution < -0.4 is 4.74 Å². The average molecular weight is 308 g/mol. The number of morpholine rings is 1. The largest absolute Gasteiger partial charge is 0.493 e. The van der Waals surface area contributed by atoms with Gasteiger partial charge < -0.3 is 19.3 Å². The molecule has 116 valence electrons. The highest BCUT2D eigenvalue weighted by molar-refractivity contribution is 7.80. The maximum atomic E-state index is 5.93. The summed E-state index contributed by atoms with van der Waals surface area (Å²) in [6.45, 7) is 4.93. The Bertz CT molecular complexity index is 459. The van der Waals surface area contributed by atoms with E-state index in [9.17, 15) is 0 Å². The molecule has 1 aliphatic heterocycles. The van der Waals surface area contributed by atoms with Gasteiger partial charge in [-0.15, -0.1) is 0 Å². The third kappa shape index (κ3) is 4.95. The summed E-state index contributed by atoms with van der Waals surface area (Å²) in [5.74, 6) is 0.882. The van der Waals surface area contributed by atoms with Gasteiger partial charge >= 0.3 is 0 Å². The van der Waals surface area contributed by atoms with Gasteiger partial charge in [0.05, 0.1) is 25.4 Å².